The van der Waals surface area contributed by atoms with Gasteiger partial charge in [-0.2, -0.15) is 5.10 Å². The van der Waals surface area contributed by atoms with Gasteiger partial charge in [0.2, 0.25) is 5.91 Å². The summed E-state index contributed by atoms with van der Waals surface area (Å²) in [5.74, 6) is 1.07. The minimum atomic E-state index is 0.253. The van der Waals surface area contributed by atoms with Crippen molar-refractivity contribution in [2.75, 3.05) is 31.9 Å². The Kier molecular flexibility index (Phi) is 8.21. The minimum absolute atomic E-state index is 0.253. The van der Waals surface area contributed by atoms with Crippen molar-refractivity contribution in [3.63, 3.8) is 0 Å². The maximum Gasteiger partial charge on any atom is 0.223 e. The molecule has 0 radical (unpaired) electrons. The number of aryl methyl sites for hydroxylation is 2. The Morgan fingerprint density at radius 1 is 1.21 bits per heavy atom. The molecule has 1 aliphatic rings. The van der Waals surface area contributed by atoms with Crippen LogP contribution in [0.2, 0.25) is 5.15 Å². The lowest BCUT2D eigenvalue weighted by Gasteiger charge is -2.22. The summed E-state index contributed by atoms with van der Waals surface area (Å²) in [7, 11) is 1.87. The molecule has 3 rings (SSSR count). The number of rotatable bonds is 7. The average molecular weight is 433 g/mol. The number of carbonyl (C=O) groups is 1. The van der Waals surface area contributed by atoms with Crippen LogP contribution in [0.4, 0.5) is 0 Å². The van der Waals surface area contributed by atoms with Crippen LogP contribution in [0, 0.1) is 6.92 Å². The Balaban J connectivity index is 1.41. The monoisotopic (exact) mass is 432 g/mol. The number of aromatic nitrogens is 2. The summed E-state index contributed by atoms with van der Waals surface area (Å²) in [4.78, 5) is 17.0. The molecule has 2 heterocycles. The van der Waals surface area contributed by atoms with E-state index in [4.69, 9.17) is 11.6 Å². The van der Waals surface area contributed by atoms with Gasteiger partial charge in [0.15, 0.2) is 0 Å². The lowest BCUT2D eigenvalue weighted by atomic mass is 10.2. The molecule has 1 amide bonds. The largest absolute Gasteiger partial charge is 0.341 e. The molecule has 0 unspecified atom stereocenters. The third kappa shape index (κ3) is 6.36. The third-order valence-electron chi connectivity index (χ3n) is 5.18. The van der Waals surface area contributed by atoms with Crippen LogP contribution < -0.4 is 0 Å². The van der Waals surface area contributed by atoms with E-state index in [0.29, 0.717) is 11.6 Å². The van der Waals surface area contributed by atoms with E-state index in [2.05, 4.69) is 33.6 Å². The molecule has 29 heavy (non-hydrogen) atoms. The second-order valence-corrected chi connectivity index (χ2v) is 8.69. The summed E-state index contributed by atoms with van der Waals surface area (Å²) in [6.07, 6.45) is 3.66. The number of hydrogen-bond donors (Lipinski definition) is 0. The van der Waals surface area contributed by atoms with Crippen LogP contribution in [0.3, 0.4) is 0 Å². The van der Waals surface area contributed by atoms with Crippen molar-refractivity contribution in [3.05, 3.63) is 57.7 Å². The van der Waals surface area contributed by atoms with Crippen LogP contribution >= 0.6 is 23.4 Å². The Morgan fingerprint density at radius 3 is 2.72 bits per heavy atom. The molecule has 1 aromatic carbocycles. The zero-order chi connectivity index (χ0) is 20.6. The number of carbonyl (C=O) groups excluding carboxylic acids is 1. The van der Waals surface area contributed by atoms with Gasteiger partial charge in [-0.15, -0.1) is 11.8 Å². The first-order valence-electron chi connectivity index (χ1n) is 10.1. The van der Waals surface area contributed by atoms with Crippen LogP contribution in [-0.4, -0.2) is 57.4 Å². The fourth-order valence-corrected chi connectivity index (χ4v) is 4.43. The molecule has 156 valence electrons. The molecule has 2 aromatic rings. The van der Waals surface area contributed by atoms with Crippen molar-refractivity contribution >= 4 is 35.3 Å². The van der Waals surface area contributed by atoms with Crippen molar-refractivity contribution in [1.29, 1.82) is 0 Å². The molecule has 1 aliphatic heterocycles. The minimum Gasteiger partial charge on any atom is -0.341 e. The molecular weight excluding hydrogens is 404 g/mol. The van der Waals surface area contributed by atoms with Gasteiger partial charge in [0.1, 0.15) is 5.15 Å². The van der Waals surface area contributed by atoms with Gasteiger partial charge in [0, 0.05) is 57.5 Å². The maximum atomic E-state index is 12.6. The first-order valence-corrected chi connectivity index (χ1v) is 11.5. The second-order valence-electron chi connectivity index (χ2n) is 7.32. The third-order valence-corrected chi connectivity index (χ3v) is 6.42. The summed E-state index contributed by atoms with van der Waals surface area (Å²) in [5.41, 5.74) is 3.26. The van der Waals surface area contributed by atoms with E-state index in [9.17, 15) is 4.79 Å². The summed E-state index contributed by atoms with van der Waals surface area (Å²) in [6.45, 7) is 6.25. The number of halogens is 1. The van der Waals surface area contributed by atoms with Crippen LogP contribution in [0.5, 0.6) is 0 Å². The van der Waals surface area contributed by atoms with Gasteiger partial charge in [-0.3, -0.25) is 14.4 Å². The number of nitrogens with zero attached hydrogens (tertiary/aromatic N) is 4. The Hall–Kier alpha value is -1.76. The summed E-state index contributed by atoms with van der Waals surface area (Å²) < 4.78 is 1.73. The maximum absolute atomic E-state index is 12.6. The smallest absolute Gasteiger partial charge is 0.223 e. The molecule has 0 N–H and O–H groups in total. The van der Waals surface area contributed by atoms with E-state index in [0.717, 1.165) is 56.2 Å². The van der Waals surface area contributed by atoms with E-state index in [1.54, 1.807) is 16.4 Å². The van der Waals surface area contributed by atoms with Gasteiger partial charge in [-0.25, -0.2) is 0 Å². The van der Waals surface area contributed by atoms with E-state index < -0.39 is 0 Å². The Morgan fingerprint density at radius 2 is 2.00 bits per heavy atom. The predicted molar refractivity (Wildman–Crippen MR) is 122 cm³/mol. The van der Waals surface area contributed by atoms with Crippen molar-refractivity contribution in [3.8, 4) is 0 Å². The highest BCUT2D eigenvalue weighted by Gasteiger charge is 2.21. The second kappa shape index (κ2) is 10.9. The zero-order valence-corrected chi connectivity index (χ0v) is 18.8. The number of amides is 1. The van der Waals surface area contributed by atoms with Crippen LogP contribution in [0.1, 0.15) is 29.7 Å². The van der Waals surface area contributed by atoms with E-state index >= 15 is 0 Å². The number of hydrogen-bond acceptors (Lipinski definition) is 4. The zero-order valence-electron chi connectivity index (χ0n) is 17.2. The topological polar surface area (TPSA) is 41.4 Å². The number of benzene rings is 1. The fourth-order valence-electron chi connectivity index (χ4n) is 3.52. The van der Waals surface area contributed by atoms with Crippen molar-refractivity contribution in [2.24, 2.45) is 7.05 Å². The standard InChI is InChI=1S/C22H29ClN4OS/c1-18-20(22(23)25(2)24-18)17-26-11-6-12-27(14-13-26)21(28)10-16-29-15-9-19-7-4-3-5-8-19/h3-5,7-9,15H,6,10-14,16-17H2,1-2H3. The predicted octanol–water partition coefficient (Wildman–Crippen LogP) is 4.21. The molecule has 0 aliphatic carbocycles. The first-order chi connectivity index (χ1) is 14.0. The molecule has 0 saturated carbocycles. The molecule has 0 spiro atoms. The van der Waals surface area contributed by atoms with Crippen molar-refractivity contribution < 1.29 is 4.79 Å². The first kappa shape index (κ1) is 21.9. The molecule has 1 aromatic heterocycles. The van der Waals surface area contributed by atoms with Gasteiger partial charge < -0.3 is 4.90 Å². The van der Waals surface area contributed by atoms with Gasteiger partial charge in [-0.1, -0.05) is 41.9 Å². The molecule has 5 nitrogen and oxygen atoms in total. The van der Waals surface area contributed by atoms with E-state index in [1.807, 2.05) is 37.1 Å². The van der Waals surface area contributed by atoms with E-state index in [1.165, 1.54) is 5.56 Å². The highest BCUT2D eigenvalue weighted by Crippen LogP contribution is 2.21. The van der Waals surface area contributed by atoms with Gasteiger partial charge in [-0.05, 0) is 30.4 Å². The summed E-state index contributed by atoms with van der Waals surface area (Å²) >= 11 is 8.07. The SMILES string of the molecule is Cc1nn(C)c(Cl)c1CN1CCCN(C(=O)CCSC=Cc2ccccc2)CC1. The average Bonchev–Trinajstić information content (AvgIpc) is 2.89. The van der Waals surface area contributed by atoms with Crippen molar-refractivity contribution in [1.82, 2.24) is 19.6 Å². The molecule has 0 atom stereocenters. The molecule has 0 bridgehead atoms. The van der Waals surface area contributed by atoms with Gasteiger partial charge in [0.25, 0.3) is 0 Å². The summed E-state index contributed by atoms with van der Waals surface area (Å²) in [5, 5.41) is 7.18. The molecular formula is C22H29ClN4OS. The van der Waals surface area contributed by atoms with E-state index in [-0.39, 0.29) is 5.91 Å². The van der Waals surface area contributed by atoms with Gasteiger partial charge in [0.05, 0.1) is 5.69 Å². The molecule has 1 fully saturated rings. The quantitative estimate of drug-likeness (QED) is 0.614. The van der Waals surface area contributed by atoms with Crippen LogP contribution in [0.25, 0.3) is 6.08 Å². The summed E-state index contributed by atoms with van der Waals surface area (Å²) in [6, 6.07) is 10.2. The normalized spacial score (nSPS) is 15.8. The fraction of sp³-hybridized carbons (Fsp3) is 0.455. The lowest BCUT2D eigenvalue weighted by Crippen LogP contribution is -2.35. The Labute approximate surface area is 182 Å². The number of thioether (sulfide) groups is 1. The lowest BCUT2D eigenvalue weighted by molar-refractivity contribution is -0.130. The highest BCUT2D eigenvalue weighted by atomic mass is 35.5. The Bertz CT molecular complexity index is 837. The van der Waals surface area contributed by atoms with Gasteiger partial charge >= 0.3 is 0 Å². The van der Waals surface area contributed by atoms with Crippen LogP contribution in [-0.2, 0) is 18.4 Å². The molecule has 7 heteroatoms. The van der Waals surface area contributed by atoms with Crippen molar-refractivity contribution in [2.45, 2.75) is 26.3 Å². The van der Waals surface area contributed by atoms with Crippen LogP contribution in [0.15, 0.2) is 35.7 Å². The highest BCUT2D eigenvalue weighted by molar-refractivity contribution is 8.02. The molecule has 1 saturated heterocycles.